The van der Waals surface area contributed by atoms with Gasteiger partial charge in [0, 0.05) is 16.1 Å². The van der Waals surface area contributed by atoms with Crippen molar-refractivity contribution in [1.29, 1.82) is 0 Å². The molecule has 15 heavy (non-hydrogen) atoms. The minimum absolute atomic E-state index is 0.127. The molecule has 0 aliphatic rings. The maximum absolute atomic E-state index is 13.6. The molecule has 4 heteroatoms. The van der Waals surface area contributed by atoms with Gasteiger partial charge >= 0.3 is 0 Å². The zero-order valence-corrected chi connectivity index (χ0v) is 10.5. The Bertz CT molecular complexity index is 328. The molecule has 0 fully saturated rings. The normalized spacial score (nSPS) is 13.2. The third-order valence-electron chi connectivity index (χ3n) is 2.25. The Morgan fingerprint density at radius 2 is 2.13 bits per heavy atom. The van der Waals surface area contributed by atoms with Gasteiger partial charge in [0.05, 0.1) is 0 Å². The van der Waals surface area contributed by atoms with Gasteiger partial charge in [-0.3, -0.25) is 11.3 Å². The van der Waals surface area contributed by atoms with Gasteiger partial charge < -0.3 is 0 Å². The summed E-state index contributed by atoms with van der Waals surface area (Å²) in [5.74, 6) is 5.67. The summed E-state index contributed by atoms with van der Waals surface area (Å²) in [5.41, 5.74) is 3.27. The quantitative estimate of drug-likeness (QED) is 0.654. The lowest BCUT2D eigenvalue weighted by Gasteiger charge is -2.19. The van der Waals surface area contributed by atoms with Gasteiger partial charge in [0.2, 0.25) is 0 Å². The molecule has 0 amide bonds. The predicted molar refractivity (Wildman–Crippen MR) is 63.6 cm³/mol. The van der Waals surface area contributed by atoms with Gasteiger partial charge in [-0.1, -0.05) is 35.8 Å². The van der Waals surface area contributed by atoms with E-state index in [-0.39, 0.29) is 11.9 Å². The average molecular weight is 275 g/mol. The molecule has 1 unspecified atom stereocenters. The number of rotatable bonds is 4. The molecule has 1 rings (SSSR count). The lowest BCUT2D eigenvalue weighted by Crippen LogP contribution is -2.29. The van der Waals surface area contributed by atoms with E-state index in [4.69, 9.17) is 5.84 Å². The molecule has 1 atom stereocenters. The standard InChI is InChI=1S/C11H16BrFN2/c1-7(2)5-11(15-14)9-4-3-8(12)6-10(9)13/h3-4,6-7,11,15H,5,14H2,1-2H3. The van der Waals surface area contributed by atoms with Crippen LogP contribution in [0.5, 0.6) is 0 Å². The fourth-order valence-electron chi connectivity index (χ4n) is 1.54. The number of benzene rings is 1. The Hall–Kier alpha value is -0.450. The van der Waals surface area contributed by atoms with Gasteiger partial charge in [-0.2, -0.15) is 0 Å². The van der Waals surface area contributed by atoms with Crippen LogP contribution in [0.1, 0.15) is 31.9 Å². The molecular weight excluding hydrogens is 259 g/mol. The monoisotopic (exact) mass is 274 g/mol. The highest BCUT2D eigenvalue weighted by atomic mass is 79.9. The number of nitrogens with two attached hydrogens (primary N) is 1. The first-order valence-electron chi connectivity index (χ1n) is 4.95. The van der Waals surface area contributed by atoms with Crippen LogP contribution in [0.15, 0.2) is 22.7 Å². The molecule has 1 aromatic rings. The van der Waals surface area contributed by atoms with E-state index in [1.807, 2.05) is 6.07 Å². The van der Waals surface area contributed by atoms with Crippen LogP contribution < -0.4 is 11.3 Å². The lowest BCUT2D eigenvalue weighted by molar-refractivity contribution is 0.423. The fraction of sp³-hybridized carbons (Fsp3) is 0.455. The Kier molecular flexibility index (Phi) is 4.70. The van der Waals surface area contributed by atoms with E-state index in [0.29, 0.717) is 11.5 Å². The van der Waals surface area contributed by atoms with Crippen molar-refractivity contribution in [2.24, 2.45) is 11.8 Å². The van der Waals surface area contributed by atoms with E-state index < -0.39 is 0 Å². The lowest BCUT2D eigenvalue weighted by atomic mass is 9.97. The Balaban J connectivity index is 2.91. The second-order valence-corrected chi connectivity index (χ2v) is 4.93. The molecule has 0 heterocycles. The van der Waals surface area contributed by atoms with Crippen LogP contribution in [0, 0.1) is 11.7 Å². The van der Waals surface area contributed by atoms with Crippen LogP contribution in [-0.2, 0) is 0 Å². The van der Waals surface area contributed by atoms with Crippen molar-refractivity contribution < 1.29 is 4.39 Å². The van der Waals surface area contributed by atoms with Gasteiger partial charge in [-0.05, 0) is 24.5 Å². The fourth-order valence-corrected chi connectivity index (χ4v) is 1.87. The molecular formula is C11H16BrFN2. The molecule has 0 spiro atoms. The highest BCUT2D eigenvalue weighted by Gasteiger charge is 2.15. The smallest absolute Gasteiger partial charge is 0.129 e. The first-order chi connectivity index (χ1) is 7.04. The topological polar surface area (TPSA) is 38.0 Å². The molecule has 0 aromatic heterocycles. The number of hydrazine groups is 1. The van der Waals surface area contributed by atoms with Crippen molar-refractivity contribution in [1.82, 2.24) is 5.43 Å². The molecule has 1 aromatic carbocycles. The maximum Gasteiger partial charge on any atom is 0.129 e. The van der Waals surface area contributed by atoms with E-state index in [1.54, 1.807) is 6.07 Å². The van der Waals surface area contributed by atoms with Crippen LogP contribution in [0.4, 0.5) is 4.39 Å². The summed E-state index contributed by atoms with van der Waals surface area (Å²) in [4.78, 5) is 0. The summed E-state index contributed by atoms with van der Waals surface area (Å²) in [6.45, 7) is 4.17. The van der Waals surface area contributed by atoms with Crippen molar-refractivity contribution in [3.05, 3.63) is 34.1 Å². The SMILES string of the molecule is CC(C)CC(NN)c1ccc(Br)cc1F. The first-order valence-corrected chi connectivity index (χ1v) is 5.75. The number of nitrogens with one attached hydrogen (secondary N) is 1. The predicted octanol–water partition coefficient (Wildman–Crippen LogP) is 3.14. The van der Waals surface area contributed by atoms with Crippen LogP contribution in [-0.4, -0.2) is 0 Å². The van der Waals surface area contributed by atoms with E-state index in [2.05, 4.69) is 35.2 Å². The largest absolute Gasteiger partial charge is 0.271 e. The summed E-state index contributed by atoms with van der Waals surface area (Å²) < 4.78 is 14.4. The van der Waals surface area contributed by atoms with Crippen molar-refractivity contribution >= 4 is 15.9 Å². The number of halogens is 2. The van der Waals surface area contributed by atoms with Crippen molar-refractivity contribution in [3.8, 4) is 0 Å². The average Bonchev–Trinajstić information content (AvgIpc) is 2.14. The molecule has 0 aliphatic carbocycles. The first kappa shape index (κ1) is 12.6. The molecule has 2 nitrogen and oxygen atoms in total. The summed E-state index contributed by atoms with van der Waals surface area (Å²) in [6.07, 6.45) is 0.815. The van der Waals surface area contributed by atoms with Crippen molar-refractivity contribution in [2.45, 2.75) is 26.3 Å². The van der Waals surface area contributed by atoms with Crippen LogP contribution in [0.3, 0.4) is 0 Å². The summed E-state index contributed by atoms with van der Waals surface area (Å²) >= 11 is 3.23. The zero-order chi connectivity index (χ0) is 11.4. The van der Waals surface area contributed by atoms with Gasteiger partial charge in [0.25, 0.3) is 0 Å². The molecule has 3 N–H and O–H groups in total. The third-order valence-corrected chi connectivity index (χ3v) is 2.74. The second kappa shape index (κ2) is 5.58. The third kappa shape index (κ3) is 3.55. The minimum atomic E-state index is -0.229. The van der Waals surface area contributed by atoms with Crippen molar-refractivity contribution in [2.75, 3.05) is 0 Å². The van der Waals surface area contributed by atoms with Crippen LogP contribution in [0.2, 0.25) is 0 Å². The Labute approximate surface area is 98.1 Å². The van der Waals surface area contributed by atoms with Gasteiger partial charge in [-0.15, -0.1) is 0 Å². The molecule has 0 aliphatic heterocycles. The molecule has 84 valence electrons. The highest BCUT2D eigenvalue weighted by Crippen LogP contribution is 2.25. The number of hydrogen-bond acceptors (Lipinski definition) is 2. The van der Waals surface area contributed by atoms with Gasteiger partial charge in [-0.25, -0.2) is 4.39 Å². The van der Waals surface area contributed by atoms with Crippen LogP contribution in [0.25, 0.3) is 0 Å². The second-order valence-electron chi connectivity index (χ2n) is 4.01. The summed E-state index contributed by atoms with van der Waals surface area (Å²) in [7, 11) is 0. The molecule has 0 bridgehead atoms. The van der Waals surface area contributed by atoms with E-state index in [1.165, 1.54) is 6.07 Å². The molecule has 0 saturated carbocycles. The minimum Gasteiger partial charge on any atom is -0.271 e. The maximum atomic E-state index is 13.6. The zero-order valence-electron chi connectivity index (χ0n) is 8.93. The van der Waals surface area contributed by atoms with Crippen molar-refractivity contribution in [3.63, 3.8) is 0 Å². The molecule has 0 radical (unpaired) electrons. The van der Waals surface area contributed by atoms with Gasteiger partial charge in [0.1, 0.15) is 5.82 Å². The Morgan fingerprint density at radius 3 is 2.60 bits per heavy atom. The summed E-state index contributed by atoms with van der Waals surface area (Å²) in [5, 5.41) is 0. The molecule has 0 saturated heterocycles. The number of hydrogen-bond donors (Lipinski definition) is 2. The summed E-state index contributed by atoms with van der Waals surface area (Å²) in [6, 6.07) is 4.91. The Morgan fingerprint density at radius 1 is 1.47 bits per heavy atom. The highest BCUT2D eigenvalue weighted by molar-refractivity contribution is 9.10. The van der Waals surface area contributed by atoms with E-state index in [0.717, 1.165) is 10.9 Å². The van der Waals surface area contributed by atoms with E-state index >= 15 is 0 Å². The van der Waals surface area contributed by atoms with E-state index in [9.17, 15) is 4.39 Å². The van der Waals surface area contributed by atoms with Gasteiger partial charge in [0.15, 0.2) is 0 Å². The van der Waals surface area contributed by atoms with Crippen LogP contribution >= 0.6 is 15.9 Å².